The highest BCUT2D eigenvalue weighted by Crippen LogP contribution is 2.28. The van der Waals surface area contributed by atoms with Crippen molar-refractivity contribution >= 4 is 38.4 Å². The van der Waals surface area contributed by atoms with E-state index in [4.69, 9.17) is 0 Å². The maximum absolute atomic E-state index is 12.3. The van der Waals surface area contributed by atoms with Crippen LogP contribution in [0.2, 0.25) is 0 Å². The first-order valence-electron chi connectivity index (χ1n) is 8.23. The largest absolute Gasteiger partial charge is 0.353 e. The van der Waals surface area contributed by atoms with Gasteiger partial charge >= 0.3 is 0 Å². The van der Waals surface area contributed by atoms with Gasteiger partial charge in [-0.15, -0.1) is 22.7 Å². The Bertz CT molecular complexity index is 780. The van der Waals surface area contributed by atoms with E-state index >= 15 is 0 Å². The Morgan fingerprint density at radius 1 is 1.24 bits per heavy atom. The molecule has 138 valence electrons. The fourth-order valence-corrected chi connectivity index (χ4v) is 5.26. The van der Waals surface area contributed by atoms with Crippen molar-refractivity contribution in [3.8, 4) is 9.88 Å². The van der Waals surface area contributed by atoms with Gasteiger partial charge in [-0.1, -0.05) is 19.9 Å². The summed E-state index contributed by atoms with van der Waals surface area (Å²) in [5.74, 6) is -0.580. The number of hydrogen-bond acceptors (Lipinski definition) is 6. The van der Waals surface area contributed by atoms with E-state index in [1.54, 1.807) is 16.7 Å². The summed E-state index contributed by atoms with van der Waals surface area (Å²) >= 11 is 2.99. The molecule has 2 rings (SSSR count). The smallest absolute Gasteiger partial charge is 0.235 e. The number of sulfone groups is 1. The lowest BCUT2D eigenvalue weighted by Crippen LogP contribution is -2.37. The molecule has 0 aliphatic carbocycles. The molecule has 0 saturated heterocycles. The van der Waals surface area contributed by atoms with E-state index in [9.17, 15) is 13.2 Å². The molecule has 1 N–H and O–H groups in total. The van der Waals surface area contributed by atoms with Gasteiger partial charge in [0, 0.05) is 11.4 Å². The van der Waals surface area contributed by atoms with Crippen LogP contribution in [0.15, 0.2) is 22.9 Å². The van der Waals surface area contributed by atoms with E-state index in [1.165, 1.54) is 11.3 Å². The van der Waals surface area contributed by atoms with Crippen molar-refractivity contribution in [1.29, 1.82) is 0 Å². The molecule has 8 heteroatoms. The van der Waals surface area contributed by atoms with Crippen LogP contribution < -0.4 is 5.32 Å². The second-order valence-electron chi connectivity index (χ2n) is 6.59. The summed E-state index contributed by atoms with van der Waals surface area (Å²) in [5, 5.41) is 7.28. The summed E-state index contributed by atoms with van der Waals surface area (Å²) in [7, 11) is -3.53. The Hall–Kier alpha value is -1.25. The van der Waals surface area contributed by atoms with Crippen LogP contribution in [0.4, 0.5) is 0 Å². The van der Waals surface area contributed by atoms with Gasteiger partial charge in [0.05, 0.1) is 16.3 Å². The summed E-state index contributed by atoms with van der Waals surface area (Å²) in [6.45, 7) is 6.15. The quantitative estimate of drug-likeness (QED) is 0.696. The van der Waals surface area contributed by atoms with Crippen LogP contribution in [0.25, 0.3) is 9.88 Å². The molecule has 0 spiro atoms. The van der Waals surface area contributed by atoms with Crippen LogP contribution in [-0.2, 0) is 20.4 Å². The molecule has 0 fully saturated rings. The Morgan fingerprint density at radius 3 is 2.64 bits per heavy atom. The van der Waals surface area contributed by atoms with E-state index in [1.807, 2.05) is 24.4 Å². The highest BCUT2D eigenvalue weighted by atomic mass is 32.2. The highest BCUT2D eigenvalue weighted by Gasteiger charge is 2.20. The van der Waals surface area contributed by atoms with E-state index < -0.39 is 21.5 Å². The Kier molecular flexibility index (Phi) is 7.15. The number of thiazole rings is 1. The van der Waals surface area contributed by atoms with Crippen molar-refractivity contribution in [2.75, 3.05) is 5.75 Å². The fraction of sp³-hybridized carbons (Fsp3) is 0.529. The number of carbonyl (C=O) groups is 1. The van der Waals surface area contributed by atoms with Crippen LogP contribution in [0.3, 0.4) is 0 Å². The molecular weight excluding hydrogens is 376 g/mol. The van der Waals surface area contributed by atoms with E-state index in [-0.39, 0.29) is 11.8 Å². The minimum atomic E-state index is -3.53. The summed E-state index contributed by atoms with van der Waals surface area (Å²) < 4.78 is 24.5. The molecule has 1 amide bonds. The molecule has 0 radical (unpaired) electrons. The van der Waals surface area contributed by atoms with Crippen molar-refractivity contribution in [3.63, 3.8) is 0 Å². The van der Waals surface area contributed by atoms with Gasteiger partial charge in [-0.3, -0.25) is 4.79 Å². The third kappa shape index (κ3) is 6.87. The lowest BCUT2D eigenvalue weighted by atomic mass is 10.0. The molecule has 0 saturated carbocycles. The van der Waals surface area contributed by atoms with Crippen molar-refractivity contribution in [1.82, 2.24) is 10.3 Å². The van der Waals surface area contributed by atoms with E-state index in [0.717, 1.165) is 22.7 Å². The predicted molar refractivity (Wildman–Crippen MR) is 105 cm³/mol. The number of nitrogens with zero attached hydrogens (tertiary/aromatic N) is 1. The lowest BCUT2D eigenvalue weighted by molar-refractivity contribution is -0.119. The molecule has 1 unspecified atom stereocenters. The van der Waals surface area contributed by atoms with Crippen LogP contribution in [-0.4, -0.2) is 31.1 Å². The van der Waals surface area contributed by atoms with Crippen LogP contribution in [0.5, 0.6) is 0 Å². The van der Waals surface area contributed by atoms with Gasteiger partial charge in [0.15, 0.2) is 9.84 Å². The van der Waals surface area contributed by atoms with Crippen molar-refractivity contribution in [3.05, 3.63) is 28.6 Å². The summed E-state index contributed by atoms with van der Waals surface area (Å²) in [6.07, 6.45) is 1.85. The molecule has 1 atom stereocenters. The Labute approximate surface area is 157 Å². The number of hydrogen-bond donors (Lipinski definition) is 1. The van der Waals surface area contributed by atoms with Crippen LogP contribution in [0, 0.1) is 5.92 Å². The average Bonchev–Trinajstić information content (AvgIpc) is 3.14. The molecule has 0 aromatic carbocycles. The van der Waals surface area contributed by atoms with Gasteiger partial charge in [-0.05, 0) is 37.1 Å². The normalized spacial score (nSPS) is 13.1. The van der Waals surface area contributed by atoms with Gasteiger partial charge in [0.2, 0.25) is 5.91 Å². The molecule has 0 aliphatic heterocycles. The van der Waals surface area contributed by atoms with E-state index in [2.05, 4.69) is 24.1 Å². The molecule has 0 bridgehead atoms. The summed E-state index contributed by atoms with van der Waals surface area (Å²) in [5.41, 5.74) is 0.494. The standard InChI is InChI=1S/C17H24N2O3S3/c1-12(2)6-7-13(3)18-16(20)11-25(21,22)10-14-9-24-17(19-14)15-5-4-8-23-15/h4-5,8-9,12-13H,6-7,10-11H2,1-3H3,(H,18,20). The van der Waals surface area contributed by atoms with Crippen molar-refractivity contribution in [2.24, 2.45) is 5.92 Å². The number of nitrogens with one attached hydrogen (secondary N) is 1. The third-order valence-electron chi connectivity index (χ3n) is 3.59. The molecule has 5 nitrogen and oxygen atoms in total. The Morgan fingerprint density at radius 2 is 2.00 bits per heavy atom. The zero-order valence-corrected chi connectivity index (χ0v) is 17.1. The average molecular weight is 401 g/mol. The maximum Gasteiger partial charge on any atom is 0.235 e. The first kappa shape index (κ1) is 20.1. The molecule has 2 aromatic heterocycles. The first-order chi connectivity index (χ1) is 11.7. The molecular formula is C17H24N2O3S3. The van der Waals surface area contributed by atoms with Gasteiger partial charge in [0.1, 0.15) is 10.8 Å². The Balaban J connectivity index is 1.88. The number of thiophene rings is 1. The van der Waals surface area contributed by atoms with Gasteiger partial charge < -0.3 is 5.32 Å². The minimum Gasteiger partial charge on any atom is -0.353 e. The molecule has 0 aliphatic rings. The molecule has 2 aromatic rings. The monoisotopic (exact) mass is 400 g/mol. The fourth-order valence-electron chi connectivity index (χ4n) is 2.33. The minimum absolute atomic E-state index is 0.0187. The third-order valence-corrected chi connectivity index (χ3v) is 6.95. The van der Waals surface area contributed by atoms with Crippen molar-refractivity contribution in [2.45, 2.75) is 45.4 Å². The zero-order chi connectivity index (χ0) is 18.4. The van der Waals surface area contributed by atoms with Crippen LogP contribution >= 0.6 is 22.7 Å². The second-order valence-corrected chi connectivity index (χ2v) is 10.5. The number of amides is 1. The second kappa shape index (κ2) is 8.91. The van der Waals surface area contributed by atoms with E-state index in [0.29, 0.717) is 11.6 Å². The van der Waals surface area contributed by atoms with Gasteiger partial charge in [-0.2, -0.15) is 0 Å². The van der Waals surface area contributed by atoms with Crippen molar-refractivity contribution < 1.29 is 13.2 Å². The predicted octanol–water partition coefficient (Wildman–Crippen LogP) is 3.73. The summed E-state index contributed by atoms with van der Waals surface area (Å²) in [4.78, 5) is 17.4. The zero-order valence-electron chi connectivity index (χ0n) is 14.7. The van der Waals surface area contributed by atoms with Gasteiger partial charge in [0.25, 0.3) is 0 Å². The van der Waals surface area contributed by atoms with Crippen LogP contribution in [0.1, 0.15) is 39.3 Å². The number of rotatable bonds is 9. The number of aromatic nitrogens is 1. The SMILES string of the molecule is CC(C)CCC(C)NC(=O)CS(=O)(=O)Cc1csc(-c2cccs2)n1. The first-order valence-corrected chi connectivity index (χ1v) is 11.8. The number of carbonyl (C=O) groups excluding carboxylic acids is 1. The lowest BCUT2D eigenvalue weighted by Gasteiger charge is -2.15. The summed E-state index contributed by atoms with van der Waals surface area (Å²) in [6, 6.07) is 3.87. The maximum atomic E-state index is 12.3. The topological polar surface area (TPSA) is 76.1 Å². The highest BCUT2D eigenvalue weighted by molar-refractivity contribution is 7.91. The molecule has 2 heterocycles. The molecule has 25 heavy (non-hydrogen) atoms. The van der Waals surface area contributed by atoms with Gasteiger partial charge in [-0.25, -0.2) is 13.4 Å².